The molecule has 0 fully saturated rings. The quantitative estimate of drug-likeness (QED) is 0.840. The molecule has 0 aromatic heterocycles. The van der Waals surface area contributed by atoms with Crippen LogP contribution in [-0.2, 0) is 10.0 Å². The summed E-state index contributed by atoms with van der Waals surface area (Å²) in [4.78, 5) is 0. The molecule has 0 radical (unpaired) electrons. The lowest BCUT2D eigenvalue weighted by molar-refractivity contribution is 0.394. The average Bonchev–Trinajstić information content (AvgIpc) is 2.38. The molecule has 104 valence electrons. The molecule has 0 aliphatic carbocycles. The van der Waals surface area contributed by atoms with Crippen molar-refractivity contribution in [3.63, 3.8) is 0 Å². The Hall–Kier alpha value is -1.09. The fourth-order valence-corrected chi connectivity index (χ4v) is 3.48. The molecule has 0 bridgehead atoms. The highest BCUT2D eigenvalue weighted by Gasteiger charge is 2.31. The largest absolute Gasteiger partial charge is 0.230 e. The highest BCUT2D eigenvalue weighted by atomic mass is 35.5. The van der Waals surface area contributed by atoms with Gasteiger partial charge < -0.3 is 0 Å². The van der Waals surface area contributed by atoms with Crippen LogP contribution in [0.1, 0.15) is 31.9 Å². The van der Waals surface area contributed by atoms with Crippen molar-refractivity contribution >= 4 is 21.6 Å². The van der Waals surface area contributed by atoms with Gasteiger partial charge in [-0.1, -0.05) is 30.7 Å². The number of hydrogen-bond donors (Lipinski definition) is 0. The first-order valence-electron chi connectivity index (χ1n) is 5.96. The molecule has 0 aliphatic heterocycles. The molecular formula is C13H17ClN2O2S. The fraction of sp³-hybridized carbons (Fsp3) is 0.462. The molecule has 0 saturated heterocycles. The summed E-state index contributed by atoms with van der Waals surface area (Å²) in [5.41, 5.74) is 0.798. The number of nitriles is 1. The van der Waals surface area contributed by atoms with Gasteiger partial charge in [-0.25, -0.2) is 8.42 Å². The topological polar surface area (TPSA) is 61.2 Å². The lowest BCUT2D eigenvalue weighted by atomic mass is 10.1. The van der Waals surface area contributed by atoms with E-state index in [1.54, 1.807) is 32.0 Å². The Balaban J connectivity index is 3.07. The van der Waals surface area contributed by atoms with E-state index in [0.29, 0.717) is 5.02 Å². The summed E-state index contributed by atoms with van der Waals surface area (Å²) >= 11 is 5.90. The molecule has 2 atom stereocenters. The van der Waals surface area contributed by atoms with E-state index in [1.807, 2.05) is 12.1 Å². The second-order valence-corrected chi connectivity index (χ2v) is 6.93. The Morgan fingerprint density at radius 2 is 2.11 bits per heavy atom. The van der Waals surface area contributed by atoms with Crippen molar-refractivity contribution in [2.75, 3.05) is 7.05 Å². The zero-order chi connectivity index (χ0) is 14.6. The molecule has 0 aliphatic rings. The highest BCUT2D eigenvalue weighted by Crippen LogP contribution is 2.26. The summed E-state index contributed by atoms with van der Waals surface area (Å²) < 4.78 is 25.8. The Morgan fingerprint density at radius 3 is 2.58 bits per heavy atom. The van der Waals surface area contributed by atoms with E-state index in [1.165, 1.54) is 11.4 Å². The molecule has 6 heteroatoms. The summed E-state index contributed by atoms with van der Waals surface area (Å²) in [6, 6.07) is 8.52. The predicted octanol–water partition coefficient (Wildman–Crippen LogP) is 2.96. The van der Waals surface area contributed by atoms with Crippen molar-refractivity contribution in [3.05, 3.63) is 34.9 Å². The van der Waals surface area contributed by atoms with Gasteiger partial charge in [0.25, 0.3) is 0 Å². The van der Waals surface area contributed by atoms with Crippen LogP contribution in [0.15, 0.2) is 24.3 Å². The van der Waals surface area contributed by atoms with Crippen LogP contribution in [0.3, 0.4) is 0 Å². The zero-order valence-corrected chi connectivity index (χ0v) is 12.7. The third-order valence-electron chi connectivity index (χ3n) is 3.15. The van der Waals surface area contributed by atoms with E-state index in [2.05, 4.69) is 0 Å². The van der Waals surface area contributed by atoms with Crippen molar-refractivity contribution in [3.8, 4) is 6.07 Å². The Kier molecular flexibility index (Phi) is 5.36. The molecule has 0 heterocycles. The van der Waals surface area contributed by atoms with Crippen molar-refractivity contribution in [1.82, 2.24) is 4.31 Å². The molecule has 1 aromatic rings. The van der Waals surface area contributed by atoms with Crippen molar-refractivity contribution in [1.29, 1.82) is 5.26 Å². The third kappa shape index (κ3) is 3.47. The molecule has 1 rings (SSSR count). The first-order chi connectivity index (χ1) is 8.84. The molecule has 0 saturated carbocycles. The first-order valence-corrected chi connectivity index (χ1v) is 7.84. The second-order valence-electron chi connectivity index (χ2n) is 4.32. The van der Waals surface area contributed by atoms with Gasteiger partial charge in [0, 0.05) is 18.1 Å². The van der Waals surface area contributed by atoms with Gasteiger partial charge in [0.15, 0.2) is 5.25 Å². The number of benzene rings is 1. The third-order valence-corrected chi connectivity index (χ3v) is 5.66. The predicted molar refractivity (Wildman–Crippen MR) is 76.2 cm³/mol. The van der Waals surface area contributed by atoms with Crippen LogP contribution < -0.4 is 0 Å². The van der Waals surface area contributed by atoms with Gasteiger partial charge in [-0.3, -0.25) is 0 Å². The van der Waals surface area contributed by atoms with E-state index in [4.69, 9.17) is 16.9 Å². The summed E-state index contributed by atoms with van der Waals surface area (Å²) in [5, 5.41) is 8.47. The van der Waals surface area contributed by atoms with Gasteiger partial charge in [0.1, 0.15) is 0 Å². The van der Waals surface area contributed by atoms with E-state index >= 15 is 0 Å². The Bertz CT molecular complexity index is 581. The van der Waals surface area contributed by atoms with E-state index in [9.17, 15) is 8.42 Å². The van der Waals surface area contributed by atoms with Crippen LogP contribution in [0.5, 0.6) is 0 Å². The van der Waals surface area contributed by atoms with Crippen LogP contribution in [-0.4, -0.2) is 25.0 Å². The summed E-state index contributed by atoms with van der Waals surface area (Å²) in [6.45, 7) is 3.45. The van der Waals surface area contributed by atoms with Crippen LogP contribution in [0, 0.1) is 11.3 Å². The standard InChI is InChI=1S/C13H17ClN2O2S/c1-4-13(9-15)19(17,18)16(3)10(2)11-6-5-7-12(14)8-11/h5-8,10,13H,4H2,1-3H3. The number of halogens is 1. The maximum absolute atomic E-state index is 12.3. The number of hydrogen-bond acceptors (Lipinski definition) is 3. The van der Waals surface area contributed by atoms with Crippen LogP contribution >= 0.6 is 11.6 Å². The minimum absolute atomic E-state index is 0.269. The van der Waals surface area contributed by atoms with Gasteiger partial charge in [-0.2, -0.15) is 9.57 Å². The molecular weight excluding hydrogens is 284 g/mol. The summed E-state index contributed by atoms with van der Waals surface area (Å²) in [6.07, 6.45) is 0.269. The monoisotopic (exact) mass is 300 g/mol. The normalized spacial score (nSPS) is 14.9. The molecule has 2 unspecified atom stereocenters. The molecule has 0 N–H and O–H groups in total. The minimum Gasteiger partial charge on any atom is -0.211 e. The maximum atomic E-state index is 12.3. The van der Waals surface area contributed by atoms with Gasteiger partial charge in [0.05, 0.1) is 6.07 Å². The second kappa shape index (κ2) is 6.38. The number of sulfonamides is 1. The fourth-order valence-electron chi connectivity index (χ4n) is 1.77. The lowest BCUT2D eigenvalue weighted by Gasteiger charge is -2.26. The van der Waals surface area contributed by atoms with Gasteiger partial charge in [-0.05, 0) is 31.0 Å². The SMILES string of the molecule is CCC(C#N)S(=O)(=O)N(C)C(C)c1cccc(Cl)c1. The van der Waals surface area contributed by atoms with Crippen molar-refractivity contribution < 1.29 is 8.42 Å². The average molecular weight is 301 g/mol. The lowest BCUT2D eigenvalue weighted by Crippen LogP contribution is -2.36. The van der Waals surface area contributed by atoms with Crippen LogP contribution in [0.4, 0.5) is 0 Å². The molecule has 19 heavy (non-hydrogen) atoms. The molecule has 1 aromatic carbocycles. The van der Waals surface area contributed by atoms with E-state index < -0.39 is 15.3 Å². The minimum atomic E-state index is -3.63. The van der Waals surface area contributed by atoms with Crippen LogP contribution in [0.25, 0.3) is 0 Å². The van der Waals surface area contributed by atoms with Crippen molar-refractivity contribution in [2.24, 2.45) is 0 Å². The summed E-state index contributed by atoms with van der Waals surface area (Å²) in [7, 11) is -2.15. The Morgan fingerprint density at radius 1 is 1.47 bits per heavy atom. The summed E-state index contributed by atoms with van der Waals surface area (Å²) in [5.74, 6) is 0. The smallest absolute Gasteiger partial charge is 0.211 e. The molecule has 0 spiro atoms. The number of nitrogens with zero attached hydrogens (tertiary/aromatic N) is 2. The zero-order valence-electron chi connectivity index (χ0n) is 11.2. The highest BCUT2D eigenvalue weighted by molar-refractivity contribution is 7.90. The molecule has 0 amide bonds. The van der Waals surface area contributed by atoms with Crippen molar-refractivity contribution in [2.45, 2.75) is 31.6 Å². The first kappa shape index (κ1) is 16.0. The number of rotatable bonds is 5. The van der Waals surface area contributed by atoms with Gasteiger partial charge in [-0.15, -0.1) is 0 Å². The Labute approximate surface area is 119 Å². The van der Waals surface area contributed by atoms with Gasteiger partial charge in [0.2, 0.25) is 10.0 Å². The van der Waals surface area contributed by atoms with Gasteiger partial charge >= 0.3 is 0 Å². The maximum Gasteiger partial charge on any atom is 0.230 e. The van der Waals surface area contributed by atoms with Crippen LogP contribution in [0.2, 0.25) is 5.02 Å². The van der Waals surface area contributed by atoms with E-state index in [-0.39, 0.29) is 12.5 Å². The molecule has 4 nitrogen and oxygen atoms in total. The van der Waals surface area contributed by atoms with E-state index in [0.717, 1.165) is 5.56 Å².